The molecule has 0 spiro atoms. The summed E-state index contributed by atoms with van der Waals surface area (Å²) in [4.78, 5) is 0. The largest absolute Gasteiger partial charge is 0.326 e. The Balaban J connectivity index is 2.55. The molecule has 2 N–H and O–H groups in total. The number of aromatic nitrogens is 1. The summed E-state index contributed by atoms with van der Waals surface area (Å²) in [5.41, 5.74) is 11.9. The van der Waals surface area contributed by atoms with E-state index in [0.29, 0.717) is 6.54 Å². The van der Waals surface area contributed by atoms with Crippen LogP contribution in [0.5, 0.6) is 0 Å². The number of nitrogens with zero attached hydrogens (tertiary/aromatic N) is 1. The van der Waals surface area contributed by atoms with Gasteiger partial charge in [-0.05, 0) is 44.5 Å². The maximum Gasteiger partial charge on any atom is 0.0455 e. The third-order valence-corrected chi connectivity index (χ3v) is 3.05. The van der Waals surface area contributed by atoms with Crippen LogP contribution in [0.25, 0.3) is 5.69 Å². The second-order valence-electron chi connectivity index (χ2n) is 4.27. The van der Waals surface area contributed by atoms with Crippen LogP contribution in [0.1, 0.15) is 22.5 Å². The Hall–Kier alpha value is -1.54. The van der Waals surface area contributed by atoms with Crippen LogP contribution in [-0.2, 0) is 6.54 Å². The molecule has 1 aromatic heterocycles. The molecule has 0 aliphatic heterocycles. The molecule has 0 fully saturated rings. The molecule has 2 rings (SSSR count). The highest BCUT2D eigenvalue weighted by atomic mass is 15.0. The van der Waals surface area contributed by atoms with Crippen molar-refractivity contribution >= 4 is 0 Å². The molecule has 2 heteroatoms. The number of aryl methyl sites for hydroxylation is 2. The highest BCUT2D eigenvalue weighted by molar-refractivity contribution is 5.42. The van der Waals surface area contributed by atoms with Crippen LogP contribution in [-0.4, -0.2) is 4.57 Å². The van der Waals surface area contributed by atoms with E-state index in [9.17, 15) is 0 Å². The normalized spacial score (nSPS) is 10.8. The first-order valence-corrected chi connectivity index (χ1v) is 5.58. The summed E-state index contributed by atoms with van der Waals surface area (Å²) in [5.74, 6) is 0. The molecule has 0 saturated carbocycles. The Labute approximate surface area is 96.7 Å². The predicted molar refractivity (Wildman–Crippen MR) is 67.9 cm³/mol. The van der Waals surface area contributed by atoms with E-state index in [4.69, 9.17) is 5.73 Å². The molecule has 0 amide bonds. The zero-order valence-electron chi connectivity index (χ0n) is 10.1. The van der Waals surface area contributed by atoms with Gasteiger partial charge in [0.2, 0.25) is 0 Å². The predicted octanol–water partition coefficient (Wildman–Crippen LogP) is 2.86. The minimum absolute atomic E-state index is 0.603. The molecule has 1 aromatic carbocycles. The van der Waals surface area contributed by atoms with Gasteiger partial charge >= 0.3 is 0 Å². The van der Waals surface area contributed by atoms with Crippen molar-refractivity contribution in [1.82, 2.24) is 4.57 Å². The van der Waals surface area contributed by atoms with Gasteiger partial charge in [-0.15, -0.1) is 0 Å². The van der Waals surface area contributed by atoms with Gasteiger partial charge in [-0.2, -0.15) is 0 Å². The highest BCUT2D eigenvalue weighted by Gasteiger charge is 2.08. The van der Waals surface area contributed by atoms with Crippen molar-refractivity contribution in [2.75, 3.05) is 0 Å². The SMILES string of the molecule is Cc1ccc(-n2c(C)cc(CN)c2C)cc1. The topological polar surface area (TPSA) is 30.9 Å². The minimum atomic E-state index is 0.603. The third kappa shape index (κ3) is 1.76. The van der Waals surface area contributed by atoms with Gasteiger partial charge in [0.05, 0.1) is 0 Å². The summed E-state index contributed by atoms with van der Waals surface area (Å²) in [6.45, 7) is 6.94. The lowest BCUT2D eigenvalue weighted by atomic mass is 10.2. The fraction of sp³-hybridized carbons (Fsp3) is 0.286. The summed E-state index contributed by atoms with van der Waals surface area (Å²) < 4.78 is 2.25. The lowest BCUT2D eigenvalue weighted by Gasteiger charge is -2.10. The van der Waals surface area contributed by atoms with E-state index in [0.717, 1.165) is 0 Å². The van der Waals surface area contributed by atoms with Crippen molar-refractivity contribution in [3.8, 4) is 5.69 Å². The number of benzene rings is 1. The maximum absolute atomic E-state index is 5.72. The number of rotatable bonds is 2. The van der Waals surface area contributed by atoms with Crippen LogP contribution in [0.3, 0.4) is 0 Å². The van der Waals surface area contributed by atoms with Gasteiger partial charge in [0, 0.05) is 23.6 Å². The highest BCUT2D eigenvalue weighted by Crippen LogP contribution is 2.20. The average molecular weight is 214 g/mol. The Bertz CT molecular complexity index is 492. The third-order valence-electron chi connectivity index (χ3n) is 3.05. The fourth-order valence-electron chi connectivity index (χ4n) is 2.13. The van der Waals surface area contributed by atoms with Gasteiger partial charge < -0.3 is 10.3 Å². The van der Waals surface area contributed by atoms with Crippen LogP contribution < -0.4 is 5.73 Å². The Morgan fingerprint density at radius 1 is 1.06 bits per heavy atom. The summed E-state index contributed by atoms with van der Waals surface area (Å²) in [6.07, 6.45) is 0. The van der Waals surface area contributed by atoms with Crippen molar-refractivity contribution in [2.24, 2.45) is 5.73 Å². The van der Waals surface area contributed by atoms with Crippen LogP contribution in [0, 0.1) is 20.8 Å². The minimum Gasteiger partial charge on any atom is -0.326 e. The lowest BCUT2D eigenvalue weighted by molar-refractivity contribution is 0.942. The Morgan fingerprint density at radius 2 is 1.69 bits per heavy atom. The van der Waals surface area contributed by atoms with Gasteiger partial charge in [0.25, 0.3) is 0 Å². The van der Waals surface area contributed by atoms with E-state index in [1.807, 2.05) is 0 Å². The molecule has 0 aliphatic rings. The maximum atomic E-state index is 5.72. The molecule has 2 aromatic rings. The standard InChI is InChI=1S/C14H18N2/c1-10-4-6-14(7-5-10)16-11(2)8-13(9-15)12(16)3/h4-8H,9,15H2,1-3H3. The summed E-state index contributed by atoms with van der Waals surface area (Å²) in [7, 11) is 0. The van der Waals surface area contributed by atoms with E-state index in [1.165, 1.54) is 28.2 Å². The van der Waals surface area contributed by atoms with Gasteiger partial charge in [0.15, 0.2) is 0 Å². The first-order valence-electron chi connectivity index (χ1n) is 5.58. The first kappa shape index (κ1) is 11.0. The fourth-order valence-corrected chi connectivity index (χ4v) is 2.13. The van der Waals surface area contributed by atoms with Gasteiger partial charge in [-0.25, -0.2) is 0 Å². The van der Waals surface area contributed by atoms with Crippen LogP contribution in [0.2, 0.25) is 0 Å². The molecule has 0 aliphatic carbocycles. The van der Waals surface area contributed by atoms with E-state index in [1.54, 1.807) is 0 Å². The van der Waals surface area contributed by atoms with Crippen molar-refractivity contribution in [3.05, 3.63) is 52.8 Å². The number of nitrogens with two attached hydrogens (primary N) is 1. The monoisotopic (exact) mass is 214 g/mol. The quantitative estimate of drug-likeness (QED) is 0.818. The van der Waals surface area contributed by atoms with Gasteiger partial charge in [-0.3, -0.25) is 0 Å². The second kappa shape index (κ2) is 4.14. The van der Waals surface area contributed by atoms with E-state index < -0.39 is 0 Å². The molecule has 84 valence electrons. The zero-order valence-corrected chi connectivity index (χ0v) is 10.1. The second-order valence-corrected chi connectivity index (χ2v) is 4.27. The van der Waals surface area contributed by atoms with Gasteiger partial charge in [0.1, 0.15) is 0 Å². The van der Waals surface area contributed by atoms with Crippen LogP contribution in [0.15, 0.2) is 30.3 Å². The zero-order chi connectivity index (χ0) is 11.7. The van der Waals surface area contributed by atoms with Crippen molar-refractivity contribution in [1.29, 1.82) is 0 Å². The molecule has 0 atom stereocenters. The van der Waals surface area contributed by atoms with Crippen LogP contribution >= 0.6 is 0 Å². The summed E-state index contributed by atoms with van der Waals surface area (Å²) >= 11 is 0. The molecule has 2 nitrogen and oxygen atoms in total. The van der Waals surface area contributed by atoms with E-state index in [2.05, 4.69) is 55.7 Å². The molecule has 16 heavy (non-hydrogen) atoms. The lowest BCUT2D eigenvalue weighted by Crippen LogP contribution is -2.01. The Morgan fingerprint density at radius 3 is 2.19 bits per heavy atom. The Kier molecular flexibility index (Phi) is 2.84. The number of hydrogen-bond acceptors (Lipinski definition) is 1. The van der Waals surface area contributed by atoms with Gasteiger partial charge in [-0.1, -0.05) is 17.7 Å². The molecule has 0 saturated heterocycles. The smallest absolute Gasteiger partial charge is 0.0455 e. The molecule has 1 heterocycles. The van der Waals surface area contributed by atoms with E-state index in [-0.39, 0.29) is 0 Å². The molecular weight excluding hydrogens is 196 g/mol. The molecule has 0 unspecified atom stereocenters. The van der Waals surface area contributed by atoms with Crippen molar-refractivity contribution < 1.29 is 0 Å². The molecular formula is C14H18N2. The number of hydrogen-bond donors (Lipinski definition) is 1. The van der Waals surface area contributed by atoms with E-state index >= 15 is 0 Å². The molecule has 0 bridgehead atoms. The van der Waals surface area contributed by atoms with Crippen molar-refractivity contribution in [3.63, 3.8) is 0 Å². The molecule has 0 radical (unpaired) electrons. The summed E-state index contributed by atoms with van der Waals surface area (Å²) in [6, 6.07) is 10.7. The summed E-state index contributed by atoms with van der Waals surface area (Å²) in [5, 5.41) is 0. The average Bonchev–Trinajstić information content (AvgIpc) is 2.56. The van der Waals surface area contributed by atoms with Crippen molar-refractivity contribution in [2.45, 2.75) is 27.3 Å². The van der Waals surface area contributed by atoms with Crippen LogP contribution in [0.4, 0.5) is 0 Å². The first-order chi connectivity index (χ1) is 7.63.